The summed E-state index contributed by atoms with van der Waals surface area (Å²) in [4.78, 5) is 23.9. The molecular formula is C19H22N2O3. The van der Waals surface area contributed by atoms with Gasteiger partial charge < -0.3 is 15.4 Å². The molecule has 0 atom stereocenters. The first kappa shape index (κ1) is 17.5. The number of ether oxygens (including phenoxy) is 1. The van der Waals surface area contributed by atoms with Crippen LogP contribution in [0.15, 0.2) is 42.5 Å². The molecule has 0 saturated heterocycles. The first-order valence-electron chi connectivity index (χ1n) is 7.74. The summed E-state index contributed by atoms with van der Waals surface area (Å²) in [5, 5.41) is 5.45. The summed E-state index contributed by atoms with van der Waals surface area (Å²) < 4.78 is 5.07. The van der Waals surface area contributed by atoms with Crippen LogP contribution in [0.3, 0.4) is 0 Å². The molecule has 2 amide bonds. The Bertz CT molecular complexity index is 724. The molecule has 0 saturated carbocycles. The van der Waals surface area contributed by atoms with Crippen LogP contribution in [0.2, 0.25) is 0 Å². The number of hydrogen-bond donors (Lipinski definition) is 2. The Morgan fingerprint density at radius 1 is 1.00 bits per heavy atom. The van der Waals surface area contributed by atoms with E-state index in [1.54, 1.807) is 19.2 Å². The van der Waals surface area contributed by atoms with Gasteiger partial charge in [-0.3, -0.25) is 9.59 Å². The van der Waals surface area contributed by atoms with Gasteiger partial charge in [-0.2, -0.15) is 0 Å². The SMILES string of the molecule is COc1ccc(CC(=O)NCC(=O)Nc2cc(C)ccc2C)cc1. The molecule has 0 aromatic heterocycles. The molecule has 0 radical (unpaired) electrons. The van der Waals surface area contributed by atoms with E-state index in [1.165, 1.54) is 0 Å². The van der Waals surface area contributed by atoms with Crippen molar-refractivity contribution in [3.8, 4) is 5.75 Å². The van der Waals surface area contributed by atoms with E-state index < -0.39 is 0 Å². The van der Waals surface area contributed by atoms with Crippen LogP contribution in [0.25, 0.3) is 0 Å². The predicted molar refractivity (Wildman–Crippen MR) is 94.3 cm³/mol. The van der Waals surface area contributed by atoms with Gasteiger partial charge in [0, 0.05) is 5.69 Å². The topological polar surface area (TPSA) is 67.4 Å². The van der Waals surface area contributed by atoms with Gasteiger partial charge in [0.25, 0.3) is 0 Å². The quantitative estimate of drug-likeness (QED) is 0.857. The van der Waals surface area contributed by atoms with Crippen LogP contribution in [-0.2, 0) is 16.0 Å². The lowest BCUT2D eigenvalue weighted by atomic mass is 10.1. The zero-order chi connectivity index (χ0) is 17.5. The number of nitrogens with one attached hydrogen (secondary N) is 2. The van der Waals surface area contributed by atoms with Crippen LogP contribution in [0.4, 0.5) is 5.69 Å². The number of methoxy groups -OCH3 is 1. The summed E-state index contributed by atoms with van der Waals surface area (Å²) >= 11 is 0. The van der Waals surface area contributed by atoms with Crippen molar-refractivity contribution in [1.82, 2.24) is 5.32 Å². The fraction of sp³-hybridized carbons (Fsp3) is 0.263. The van der Waals surface area contributed by atoms with Gasteiger partial charge in [0.15, 0.2) is 0 Å². The number of rotatable bonds is 6. The number of aryl methyl sites for hydroxylation is 2. The maximum absolute atomic E-state index is 12.0. The zero-order valence-electron chi connectivity index (χ0n) is 14.2. The summed E-state index contributed by atoms with van der Waals surface area (Å²) in [6.45, 7) is 3.84. The first-order valence-corrected chi connectivity index (χ1v) is 7.74. The van der Waals surface area contributed by atoms with Gasteiger partial charge in [-0.1, -0.05) is 24.3 Å². The molecule has 5 nitrogen and oxygen atoms in total. The Balaban J connectivity index is 1.82. The zero-order valence-corrected chi connectivity index (χ0v) is 14.2. The maximum atomic E-state index is 12.0. The molecule has 0 spiro atoms. The number of carbonyl (C=O) groups is 2. The molecule has 126 valence electrons. The van der Waals surface area contributed by atoms with Gasteiger partial charge in [-0.15, -0.1) is 0 Å². The summed E-state index contributed by atoms with van der Waals surface area (Å²) in [5.41, 5.74) is 3.69. The molecule has 0 aliphatic heterocycles. The van der Waals surface area contributed by atoms with E-state index in [2.05, 4.69) is 10.6 Å². The van der Waals surface area contributed by atoms with Crippen LogP contribution >= 0.6 is 0 Å². The summed E-state index contributed by atoms with van der Waals surface area (Å²) in [6.07, 6.45) is 0.223. The third-order valence-corrected chi connectivity index (χ3v) is 3.64. The molecule has 2 rings (SSSR count). The number of benzene rings is 2. The average Bonchev–Trinajstić information content (AvgIpc) is 2.57. The lowest BCUT2D eigenvalue weighted by Crippen LogP contribution is -2.33. The first-order chi connectivity index (χ1) is 11.5. The van der Waals surface area contributed by atoms with Gasteiger partial charge in [0.1, 0.15) is 5.75 Å². The summed E-state index contributed by atoms with van der Waals surface area (Å²) in [6, 6.07) is 13.1. The molecule has 0 bridgehead atoms. The number of carbonyl (C=O) groups excluding carboxylic acids is 2. The van der Waals surface area contributed by atoms with Gasteiger partial charge in [0.2, 0.25) is 11.8 Å². The van der Waals surface area contributed by atoms with E-state index in [1.807, 2.05) is 44.2 Å². The van der Waals surface area contributed by atoms with E-state index in [9.17, 15) is 9.59 Å². The van der Waals surface area contributed by atoms with Crippen LogP contribution in [0.5, 0.6) is 5.75 Å². The van der Waals surface area contributed by atoms with Crippen molar-refractivity contribution in [1.29, 1.82) is 0 Å². The number of amides is 2. The van der Waals surface area contributed by atoms with Crippen molar-refractivity contribution in [3.63, 3.8) is 0 Å². The molecule has 0 heterocycles. The van der Waals surface area contributed by atoms with Gasteiger partial charge >= 0.3 is 0 Å². The molecule has 0 fully saturated rings. The summed E-state index contributed by atoms with van der Waals surface area (Å²) in [7, 11) is 1.59. The van der Waals surface area contributed by atoms with Crippen molar-refractivity contribution in [2.75, 3.05) is 19.0 Å². The molecule has 0 aliphatic carbocycles. The predicted octanol–water partition coefficient (Wildman–Crippen LogP) is 2.61. The smallest absolute Gasteiger partial charge is 0.243 e. The molecule has 2 aromatic rings. The highest BCUT2D eigenvalue weighted by Gasteiger charge is 2.08. The minimum absolute atomic E-state index is 0.0532. The third kappa shape index (κ3) is 5.12. The standard InChI is InChI=1S/C19H22N2O3/c1-13-4-5-14(2)17(10-13)21-19(23)12-20-18(22)11-15-6-8-16(24-3)9-7-15/h4-10H,11-12H2,1-3H3,(H,20,22)(H,21,23). The van der Waals surface area contributed by atoms with Crippen LogP contribution in [-0.4, -0.2) is 25.5 Å². The van der Waals surface area contributed by atoms with E-state index in [-0.39, 0.29) is 24.8 Å². The second-order valence-electron chi connectivity index (χ2n) is 5.67. The second-order valence-corrected chi connectivity index (χ2v) is 5.67. The third-order valence-electron chi connectivity index (χ3n) is 3.64. The molecule has 2 N–H and O–H groups in total. The molecular weight excluding hydrogens is 304 g/mol. The van der Waals surface area contributed by atoms with Gasteiger partial charge in [-0.05, 0) is 48.7 Å². The Morgan fingerprint density at radius 2 is 1.71 bits per heavy atom. The van der Waals surface area contributed by atoms with Crippen molar-refractivity contribution in [3.05, 3.63) is 59.2 Å². The summed E-state index contributed by atoms with van der Waals surface area (Å²) in [5.74, 6) is 0.301. The lowest BCUT2D eigenvalue weighted by molar-refractivity contribution is -0.123. The van der Waals surface area contributed by atoms with Crippen molar-refractivity contribution >= 4 is 17.5 Å². The molecule has 0 unspecified atom stereocenters. The monoisotopic (exact) mass is 326 g/mol. The van der Waals surface area contributed by atoms with Crippen molar-refractivity contribution in [2.24, 2.45) is 0 Å². The lowest BCUT2D eigenvalue weighted by Gasteiger charge is -2.10. The fourth-order valence-electron chi connectivity index (χ4n) is 2.24. The Hall–Kier alpha value is -2.82. The highest BCUT2D eigenvalue weighted by molar-refractivity contribution is 5.95. The molecule has 5 heteroatoms. The van der Waals surface area contributed by atoms with E-state index in [0.29, 0.717) is 0 Å². The molecule has 0 aliphatic rings. The fourth-order valence-corrected chi connectivity index (χ4v) is 2.24. The minimum atomic E-state index is -0.244. The van der Waals surface area contributed by atoms with E-state index >= 15 is 0 Å². The minimum Gasteiger partial charge on any atom is -0.497 e. The van der Waals surface area contributed by atoms with Crippen molar-refractivity contribution in [2.45, 2.75) is 20.3 Å². The van der Waals surface area contributed by atoms with E-state index in [0.717, 1.165) is 28.1 Å². The van der Waals surface area contributed by atoms with E-state index in [4.69, 9.17) is 4.74 Å². The highest BCUT2D eigenvalue weighted by Crippen LogP contribution is 2.16. The van der Waals surface area contributed by atoms with Gasteiger partial charge in [0.05, 0.1) is 20.1 Å². The number of anilines is 1. The Labute approximate surface area is 142 Å². The van der Waals surface area contributed by atoms with Crippen LogP contribution in [0, 0.1) is 13.8 Å². The van der Waals surface area contributed by atoms with Crippen molar-refractivity contribution < 1.29 is 14.3 Å². The molecule has 2 aromatic carbocycles. The molecule has 24 heavy (non-hydrogen) atoms. The highest BCUT2D eigenvalue weighted by atomic mass is 16.5. The average molecular weight is 326 g/mol. The normalized spacial score (nSPS) is 10.1. The Morgan fingerprint density at radius 3 is 2.38 bits per heavy atom. The largest absolute Gasteiger partial charge is 0.497 e. The van der Waals surface area contributed by atoms with Crippen LogP contribution < -0.4 is 15.4 Å². The van der Waals surface area contributed by atoms with Crippen LogP contribution in [0.1, 0.15) is 16.7 Å². The maximum Gasteiger partial charge on any atom is 0.243 e. The Kier molecular flexibility index (Phi) is 5.95. The van der Waals surface area contributed by atoms with Gasteiger partial charge in [-0.25, -0.2) is 0 Å². The number of hydrogen-bond acceptors (Lipinski definition) is 3. The second kappa shape index (κ2) is 8.15.